The first-order chi connectivity index (χ1) is 6.31. The molecule has 0 aliphatic rings. The van der Waals surface area contributed by atoms with Crippen molar-refractivity contribution in [3.05, 3.63) is 35.2 Å². The molecule has 2 aromatic heterocycles. The maximum Gasteiger partial charge on any atom is 0.153 e. The molecule has 2 rings (SSSR count). The summed E-state index contributed by atoms with van der Waals surface area (Å²) in [5, 5.41) is 1.08. The fraction of sp³-hybridized carbons (Fsp3) is 0. The van der Waals surface area contributed by atoms with Crippen molar-refractivity contribution < 1.29 is 4.79 Å². The van der Waals surface area contributed by atoms with E-state index in [9.17, 15) is 4.79 Å². The highest BCUT2D eigenvalue weighted by molar-refractivity contribution is 6.32. The maximum atomic E-state index is 10.5. The molecular formula is C9H5ClN2O. The van der Waals surface area contributed by atoms with Crippen molar-refractivity contribution in [2.75, 3.05) is 0 Å². The number of rotatable bonds is 1. The van der Waals surface area contributed by atoms with E-state index < -0.39 is 0 Å². The fourth-order valence-corrected chi connectivity index (χ4v) is 1.28. The average Bonchev–Trinajstić information content (AvgIpc) is 2.17. The van der Waals surface area contributed by atoms with E-state index in [-0.39, 0.29) is 5.15 Å². The third-order valence-electron chi connectivity index (χ3n) is 1.73. The topological polar surface area (TPSA) is 42.9 Å². The molecular weight excluding hydrogens is 188 g/mol. The van der Waals surface area contributed by atoms with Crippen LogP contribution in [0.2, 0.25) is 5.15 Å². The van der Waals surface area contributed by atoms with Crippen LogP contribution in [0.5, 0.6) is 0 Å². The quantitative estimate of drug-likeness (QED) is 0.513. The smallest absolute Gasteiger partial charge is 0.153 e. The molecule has 0 unspecified atom stereocenters. The van der Waals surface area contributed by atoms with Crippen LogP contribution >= 0.6 is 11.6 Å². The van der Waals surface area contributed by atoms with E-state index in [4.69, 9.17) is 11.6 Å². The molecule has 0 N–H and O–H groups in total. The van der Waals surface area contributed by atoms with Crippen molar-refractivity contribution >= 4 is 28.8 Å². The summed E-state index contributed by atoms with van der Waals surface area (Å²) in [7, 11) is 0. The molecule has 3 nitrogen and oxygen atoms in total. The van der Waals surface area contributed by atoms with Crippen LogP contribution < -0.4 is 0 Å². The van der Waals surface area contributed by atoms with E-state index in [0.717, 1.165) is 5.39 Å². The van der Waals surface area contributed by atoms with Gasteiger partial charge in [-0.2, -0.15) is 0 Å². The molecule has 0 fully saturated rings. The summed E-state index contributed by atoms with van der Waals surface area (Å²) >= 11 is 5.73. The molecule has 0 spiro atoms. The summed E-state index contributed by atoms with van der Waals surface area (Å²) in [6, 6.07) is 3.48. The van der Waals surface area contributed by atoms with E-state index in [0.29, 0.717) is 17.4 Å². The lowest BCUT2D eigenvalue weighted by Gasteiger charge is -1.98. The van der Waals surface area contributed by atoms with Gasteiger partial charge < -0.3 is 0 Å². The van der Waals surface area contributed by atoms with Gasteiger partial charge in [0.15, 0.2) is 6.29 Å². The van der Waals surface area contributed by atoms with Gasteiger partial charge in [0.05, 0.1) is 17.3 Å². The third-order valence-corrected chi connectivity index (χ3v) is 2.03. The van der Waals surface area contributed by atoms with Gasteiger partial charge in [-0.3, -0.25) is 9.78 Å². The van der Waals surface area contributed by atoms with Crippen LogP contribution in [0.25, 0.3) is 10.9 Å². The summed E-state index contributed by atoms with van der Waals surface area (Å²) in [6.45, 7) is 0. The SMILES string of the molecule is O=Cc1cc2ccncc2nc1Cl. The fourth-order valence-electron chi connectivity index (χ4n) is 1.09. The molecule has 0 saturated carbocycles. The normalized spacial score (nSPS) is 10.2. The third kappa shape index (κ3) is 1.38. The average molecular weight is 193 g/mol. The van der Waals surface area contributed by atoms with Gasteiger partial charge >= 0.3 is 0 Å². The Kier molecular flexibility index (Phi) is 1.94. The largest absolute Gasteiger partial charge is 0.298 e. The molecule has 0 aliphatic heterocycles. The van der Waals surface area contributed by atoms with E-state index in [1.807, 2.05) is 0 Å². The highest BCUT2D eigenvalue weighted by Gasteiger charge is 2.02. The highest BCUT2D eigenvalue weighted by atomic mass is 35.5. The minimum absolute atomic E-state index is 0.218. The maximum absolute atomic E-state index is 10.5. The lowest BCUT2D eigenvalue weighted by Crippen LogP contribution is -1.88. The molecule has 4 heteroatoms. The van der Waals surface area contributed by atoms with Crippen LogP contribution in [0.1, 0.15) is 10.4 Å². The lowest BCUT2D eigenvalue weighted by atomic mass is 10.2. The second kappa shape index (κ2) is 3.11. The molecule has 13 heavy (non-hydrogen) atoms. The van der Waals surface area contributed by atoms with Crippen LogP contribution in [0, 0.1) is 0 Å². The minimum Gasteiger partial charge on any atom is -0.298 e. The Hall–Kier alpha value is -1.48. The Bertz CT molecular complexity index is 470. The lowest BCUT2D eigenvalue weighted by molar-refractivity contribution is 0.112. The summed E-state index contributed by atoms with van der Waals surface area (Å²) < 4.78 is 0. The number of hydrogen-bond acceptors (Lipinski definition) is 3. The van der Waals surface area contributed by atoms with E-state index in [1.54, 1.807) is 24.5 Å². The number of pyridine rings is 2. The van der Waals surface area contributed by atoms with Gasteiger partial charge in [-0.25, -0.2) is 4.98 Å². The molecule has 2 aromatic rings. The van der Waals surface area contributed by atoms with Crippen LogP contribution in [-0.2, 0) is 0 Å². The standard InChI is InChI=1S/C9H5ClN2O/c10-9-7(5-13)3-6-1-2-11-4-8(6)12-9/h1-5H. The Morgan fingerprint density at radius 1 is 1.46 bits per heavy atom. The summed E-state index contributed by atoms with van der Waals surface area (Å²) in [6.07, 6.45) is 3.94. The zero-order chi connectivity index (χ0) is 9.26. The van der Waals surface area contributed by atoms with Crippen LogP contribution in [0.4, 0.5) is 0 Å². The van der Waals surface area contributed by atoms with Crippen LogP contribution in [0.15, 0.2) is 24.5 Å². The van der Waals surface area contributed by atoms with E-state index in [2.05, 4.69) is 9.97 Å². The van der Waals surface area contributed by atoms with Crippen molar-refractivity contribution in [1.29, 1.82) is 0 Å². The molecule has 0 radical (unpaired) electrons. The Morgan fingerprint density at radius 3 is 3.08 bits per heavy atom. The molecule has 2 heterocycles. The first-order valence-electron chi connectivity index (χ1n) is 3.67. The number of carbonyl (C=O) groups excluding carboxylic acids is 1. The zero-order valence-electron chi connectivity index (χ0n) is 6.57. The van der Waals surface area contributed by atoms with Crippen molar-refractivity contribution in [2.24, 2.45) is 0 Å². The first-order valence-corrected chi connectivity index (χ1v) is 4.04. The number of hydrogen-bond donors (Lipinski definition) is 0. The number of aldehydes is 1. The van der Waals surface area contributed by atoms with Crippen LogP contribution in [0.3, 0.4) is 0 Å². The zero-order valence-corrected chi connectivity index (χ0v) is 7.32. The first kappa shape index (κ1) is 8.13. The van der Waals surface area contributed by atoms with Crippen molar-refractivity contribution in [3.8, 4) is 0 Å². The minimum atomic E-state index is 0.218. The highest BCUT2D eigenvalue weighted by Crippen LogP contribution is 2.17. The number of nitrogens with zero attached hydrogens (tertiary/aromatic N) is 2. The van der Waals surface area contributed by atoms with Crippen molar-refractivity contribution in [1.82, 2.24) is 9.97 Å². The number of halogens is 1. The van der Waals surface area contributed by atoms with Gasteiger partial charge in [0.25, 0.3) is 0 Å². The number of fused-ring (bicyclic) bond motifs is 1. The second-order valence-corrected chi connectivity index (χ2v) is 2.91. The van der Waals surface area contributed by atoms with Gasteiger partial charge in [0.1, 0.15) is 5.15 Å². The molecule has 0 amide bonds. The Balaban J connectivity index is 2.81. The predicted molar refractivity (Wildman–Crippen MR) is 49.9 cm³/mol. The van der Waals surface area contributed by atoms with Crippen LogP contribution in [-0.4, -0.2) is 16.3 Å². The summed E-state index contributed by atoms with van der Waals surface area (Å²) in [5.41, 5.74) is 1.10. The molecule has 64 valence electrons. The van der Waals surface area contributed by atoms with Gasteiger partial charge in [0, 0.05) is 11.6 Å². The molecule has 0 saturated heterocycles. The molecule has 0 atom stereocenters. The molecule has 0 bridgehead atoms. The Morgan fingerprint density at radius 2 is 2.31 bits per heavy atom. The summed E-state index contributed by atoms with van der Waals surface area (Å²) in [5.74, 6) is 0. The van der Waals surface area contributed by atoms with Gasteiger partial charge in [-0.05, 0) is 12.1 Å². The van der Waals surface area contributed by atoms with E-state index in [1.165, 1.54) is 0 Å². The second-order valence-electron chi connectivity index (χ2n) is 2.55. The van der Waals surface area contributed by atoms with Gasteiger partial charge in [0.2, 0.25) is 0 Å². The molecule has 0 aliphatic carbocycles. The Labute approximate surface area is 79.4 Å². The van der Waals surface area contributed by atoms with E-state index >= 15 is 0 Å². The summed E-state index contributed by atoms with van der Waals surface area (Å²) in [4.78, 5) is 18.4. The van der Waals surface area contributed by atoms with Crippen molar-refractivity contribution in [3.63, 3.8) is 0 Å². The predicted octanol–water partition coefficient (Wildman–Crippen LogP) is 2.10. The van der Waals surface area contributed by atoms with Gasteiger partial charge in [-0.15, -0.1) is 0 Å². The van der Waals surface area contributed by atoms with Crippen molar-refractivity contribution in [2.45, 2.75) is 0 Å². The number of carbonyl (C=O) groups is 1. The number of aromatic nitrogens is 2. The monoisotopic (exact) mass is 192 g/mol. The van der Waals surface area contributed by atoms with Gasteiger partial charge in [-0.1, -0.05) is 11.6 Å². The molecule has 0 aromatic carbocycles.